The number of aryl methyl sites for hydroxylation is 2. The fourth-order valence-electron chi connectivity index (χ4n) is 5.37. The zero-order valence-corrected chi connectivity index (χ0v) is 31.9. The van der Waals surface area contributed by atoms with Crippen LogP contribution < -0.4 is 10.6 Å². The molecule has 6 aromatic heterocycles. The maximum atomic E-state index is 12.7. The van der Waals surface area contributed by atoms with Crippen LogP contribution >= 0.6 is 0 Å². The minimum absolute atomic E-state index is 0.149. The molecule has 0 spiro atoms. The molecule has 4 N–H and O–H groups in total. The van der Waals surface area contributed by atoms with Crippen LogP contribution in [-0.2, 0) is 9.59 Å². The predicted molar refractivity (Wildman–Crippen MR) is 204 cm³/mol. The van der Waals surface area contributed by atoms with Crippen LogP contribution in [0.3, 0.4) is 0 Å². The van der Waals surface area contributed by atoms with Crippen LogP contribution in [0.25, 0.3) is 44.1 Å². The summed E-state index contributed by atoms with van der Waals surface area (Å²) < 4.78 is 76.1. The number of amides is 2. The molecule has 2 amide bonds. The summed E-state index contributed by atoms with van der Waals surface area (Å²) >= 11 is 0. The zero-order valence-electron chi connectivity index (χ0n) is 31.9. The Labute approximate surface area is 327 Å². The Balaban J connectivity index is 0.000000221. The molecule has 0 aliphatic carbocycles. The van der Waals surface area contributed by atoms with Gasteiger partial charge >= 0.3 is 12.4 Å². The number of nitrogens with one attached hydrogen (secondary N) is 2. The zero-order chi connectivity index (χ0) is 42.7. The van der Waals surface area contributed by atoms with E-state index >= 15 is 0 Å². The lowest BCUT2D eigenvalue weighted by molar-refractivity contribution is -0.208. The van der Waals surface area contributed by atoms with E-state index in [9.17, 15) is 46.1 Å². The molecular weight excluding hydrogens is 770 g/mol. The first-order valence-corrected chi connectivity index (χ1v) is 17.7. The summed E-state index contributed by atoms with van der Waals surface area (Å²) in [6.07, 6.45) is -5.96. The molecular formula is C40H38F6N8O4. The molecule has 0 fully saturated rings. The van der Waals surface area contributed by atoms with E-state index in [4.69, 9.17) is 0 Å². The number of hydrogen-bond donors (Lipinski definition) is 4. The second-order valence-electron chi connectivity index (χ2n) is 14.0. The topological polar surface area (TPSA) is 176 Å². The van der Waals surface area contributed by atoms with Gasteiger partial charge in [-0.15, -0.1) is 0 Å². The van der Waals surface area contributed by atoms with Crippen molar-refractivity contribution in [3.05, 3.63) is 96.1 Å². The molecule has 0 radical (unpaired) electrons. The normalized spacial score (nSPS) is 13.0. The van der Waals surface area contributed by atoms with E-state index in [0.717, 1.165) is 21.5 Å². The maximum Gasteiger partial charge on any atom is 0.420 e. The van der Waals surface area contributed by atoms with Crippen LogP contribution in [0.2, 0.25) is 0 Å². The Morgan fingerprint density at radius 2 is 0.845 bits per heavy atom. The van der Waals surface area contributed by atoms with Crippen LogP contribution in [0.1, 0.15) is 62.4 Å². The van der Waals surface area contributed by atoms with Crippen molar-refractivity contribution < 1.29 is 46.1 Å². The lowest BCUT2D eigenvalue weighted by atomic mass is 10.0. The summed E-state index contributed by atoms with van der Waals surface area (Å²) in [5.74, 6) is 0.168. The SMILES string of the molecule is Cc1cc([C@@H](O)C(F)(F)F)ncc1-c1cc2cnc(NC(=O)C(C)C)cc2cn1.Cc1cc([C@H](O)C(F)(F)F)ncc1-c1cc2cnc(NC(=O)C(C)C)cc2cn1. The van der Waals surface area contributed by atoms with Gasteiger partial charge in [0.1, 0.15) is 11.6 Å². The molecule has 0 saturated carbocycles. The van der Waals surface area contributed by atoms with Crippen LogP contribution in [0.4, 0.5) is 38.0 Å². The molecule has 18 heteroatoms. The minimum Gasteiger partial charge on any atom is -0.378 e. The van der Waals surface area contributed by atoms with E-state index in [0.29, 0.717) is 45.3 Å². The molecule has 12 nitrogen and oxygen atoms in total. The quantitative estimate of drug-likeness (QED) is 0.109. The smallest absolute Gasteiger partial charge is 0.378 e. The van der Waals surface area contributed by atoms with E-state index < -0.39 is 35.9 Å². The van der Waals surface area contributed by atoms with Crippen LogP contribution in [0.5, 0.6) is 0 Å². The molecule has 2 atom stereocenters. The van der Waals surface area contributed by atoms with Crippen molar-refractivity contribution in [3.8, 4) is 22.5 Å². The number of halogens is 6. The Kier molecular flexibility index (Phi) is 12.7. The van der Waals surface area contributed by atoms with Gasteiger partial charge in [0.2, 0.25) is 11.8 Å². The fourth-order valence-corrected chi connectivity index (χ4v) is 5.37. The highest BCUT2D eigenvalue weighted by Gasteiger charge is 2.41. The number of alkyl halides is 6. The van der Waals surface area contributed by atoms with Gasteiger partial charge in [-0.3, -0.25) is 29.5 Å². The average Bonchev–Trinajstić information content (AvgIpc) is 3.16. The molecule has 0 bridgehead atoms. The van der Waals surface area contributed by atoms with E-state index in [2.05, 4.69) is 40.5 Å². The molecule has 0 unspecified atom stereocenters. The number of aliphatic hydroxyl groups excluding tert-OH is 2. The van der Waals surface area contributed by atoms with Gasteiger partial charge in [0.15, 0.2) is 12.2 Å². The number of carbonyl (C=O) groups is 2. The van der Waals surface area contributed by atoms with Crippen LogP contribution in [0.15, 0.2) is 73.6 Å². The van der Waals surface area contributed by atoms with Gasteiger partial charge < -0.3 is 20.8 Å². The molecule has 58 heavy (non-hydrogen) atoms. The van der Waals surface area contributed by atoms with Gasteiger partial charge in [0.05, 0.1) is 22.8 Å². The fraction of sp³-hybridized carbons (Fsp3) is 0.300. The van der Waals surface area contributed by atoms with Gasteiger partial charge in [0.25, 0.3) is 0 Å². The van der Waals surface area contributed by atoms with Crippen molar-refractivity contribution in [3.63, 3.8) is 0 Å². The number of nitrogens with zero attached hydrogens (tertiary/aromatic N) is 6. The Morgan fingerprint density at radius 3 is 1.16 bits per heavy atom. The van der Waals surface area contributed by atoms with Gasteiger partial charge in [-0.1, -0.05) is 27.7 Å². The van der Waals surface area contributed by atoms with E-state index in [1.165, 1.54) is 24.5 Å². The minimum atomic E-state index is -4.78. The van der Waals surface area contributed by atoms with E-state index in [1.54, 1.807) is 90.6 Å². The number of fused-ring (bicyclic) bond motifs is 2. The molecule has 0 aliphatic rings. The standard InChI is InChI=1S/2C20H19F3N4O2/c2*1-10(2)19(29)27-17-6-13-7-24-15(5-12(13)8-26-17)14-9-25-16(4-11(14)3)18(28)20(21,22)23/h2*4-10,18,28H,1-3H3,(H,26,27,29)/t2*18-/m10/s1. The highest BCUT2D eigenvalue weighted by molar-refractivity contribution is 5.95. The van der Waals surface area contributed by atoms with Crippen molar-refractivity contribution in [1.82, 2.24) is 29.9 Å². The molecule has 6 rings (SSSR count). The Hall–Kier alpha value is -6.14. The second kappa shape index (κ2) is 17.2. The Bertz CT molecular complexity index is 2310. The first kappa shape index (κ1) is 43.0. The van der Waals surface area contributed by atoms with E-state index in [-0.39, 0.29) is 23.7 Å². The maximum absolute atomic E-state index is 12.7. The largest absolute Gasteiger partial charge is 0.420 e. The van der Waals surface area contributed by atoms with Crippen molar-refractivity contribution in [1.29, 1.82) is 0 Å². The number of pyridine rings is 6. The summed E-state index contributed by atoms with van der Waals surface area (Å²) in [5, 5.41) is 27.1. The van der Waals surface area contributed by atoms with Crippen LogP contribution in [-0.4, -0.2) is 64.3 Å². The van der Waals surface area contributed by atoms with Crippen molar-refractivity contribution in [2.75, 3.05) is 10.6 Å². The predicted octanol–water partition coefficient (Wildman–Crippen LogP) is 8.38. The summed E-state index contributed by atoms with van der Waals surface area (Å²) in [6.45, 7) is 10.4. The number of anilines is 2. The number of hydrogen-bond acceptors (Lipinski definition) is 10. The summed E-state index contributed by atoms with van der Waals surface area (Å²) in [4.78, 5) is 48.2. The third-order valence-electron chi connectivity index (χ3n) is 8.75. The number of carbonyl (C=O) groups excluding carboxylic acids is 2. The van der Waals surface area contributed by atoms with Gasteiger partial charge in [-0.05, 0) is 61.4 Å². The van der Waals surface area contributed by atoms with Gasteiger partial charge in [-0.25, -0.2) is 9.97 Å². The average molecular weight is 809 g/mol. The highest BCUT2D eigenvalue weighted by atomic mass is 19.4. The van der Waals surface area contributed by atoms with E-state index in [1.807, 2.05) is 0 Å². The lowest BCUT2D eigenvalue weighted by Gasteiger charge is -2.15. The number of aliphatic hydroxyl groups is 2. The van der Waals surface area contributed by atoms with Crippen molar-refractivity contribution >= 4 is 45.0 Å². The van der Waals surface area contributed by atoms with Gasteiger partial charge in [-0.2, -0.15) is 26.3 Å². The number of rotatable bonds is 8. The number of aromatic nitrogens is 6. The molecule has 0 aliphatic heterocycles. The molecule has 0 saturated heterocycles. The Morgan fingerprint density at radius 1 is 0.517 bits per heavy atom. The van der Waals surface area contributed by atoms with Crippen molar-refractivity contribution in [2.24, 2.45) is 11.8 Å². The molecule has 6 heterocycles. The lowest BCUT2D eigenvalue weighted by Crippen LogP contribution is -2.21. The third kappa shape index (κ3) is 10.2. The molecule has 304 valence electrons. The molecule has 6 aromatic rings. The summed E-state index contributed by atoms with van der Waals surface area (Å²) in [6, 6.07) is 9.26. The molecule has 0 aromatic carbocycles. The first-order chi connectivity index (χ1) is 27.1. The van der Waals surface area contributed by atoms with Crippen LogP contribution in [0, 0.1) is 25.7 Å². The highest BCUT2D eigenvalue weighted by Crippen LogP contribution is 2.35. The van der Waals surface area contributed by atoms with Crippen molar-refractivity contribution in [2.45, 2.75) is 66.1 Å². The first-order valence-electron chi connectivity index (χ1n) is 17.7. The van der Waals surface area contributed by atoms with Gasteiger partial charge in [0, 0.05) is 81.7 Å². The summed E-state index contributed by atoms with van der Waals surface area (Å²) in [7, 11) is 0. The second-order valence-corrected chi connectivity index (χ2v) is 14.0. The summed E-state index contributed by atoms with van der Waals surface area (Å²) in [5.41, 5.74) is 2.17. The third-order valence-corrected chi connectivity index (χ3v) is 8.75. The monoisotopic (exact) mass is 808 g/mol.